The van der Waals surface area contributed by atoms with Crippen LogP contribution in [-0.2, 0) is 4.74 Å². The Morgan fingerprint density at radius 2 is 2.00 bits per heavy atom. The van der Waals surface area contributed by atoms with Crippen LogP contribution in [0, 0.1) is 0 Å². The van der Waals surface area contributed by atoms with Gasteiger partial charge < -0.3 is 4.74 Å². The summed E-state index contributed by atoms with van der Waals surface area (Å²) in [5.74, 6) is 0.274. The van der Waals surface area contributed by atoms with E-state index in [1.807, 2.05) is 6.92 Å². The highest BCUT2D eigenvalue weighted by molar-refractivity contribution is 6.29. The summed E-state index contributed by atoms with van der Waals surface area (Å²) in [6, 6.07) is 0. The minimum atomic E-state index is -0.565. The second kappa shape index (κ2) is 5.22. The molecule has 0 saturated carbocycles. The third kappa shape index (κ3) is 6.58. The lowest BCUT2D eigenvalue weighted by Crippen LogP contribution is -2.22. The van der Waals surface area contributed by atoms with Crippen molar-refractivity contribution < 1.29 is 9.53 Å². The number of carbonyl (C=O) groups is 1. The highest BCUT2D eigenvalue weighted by atomic mass is 35.5. The first-order valence-electron chi connectivity index (χ1n) is 4.24. The molecule has 76 valence electrons. The molecule has 0 aromatic rings. The van der Waals surface area contributed by atoms with Gasteiger partial charge in [0.2, 0.25) is 0 Å². The third-order valence-corrected chi connectivity index (χ3v) is 1.51. The number of aliphatic imine (C=N–C) groups is 1. The fourth-order valence-electron chi connectivity index (χ4n) is 0.617. The van der Waals surface area contributed by atoms with Crippen LogP contribution in [0.3, 0.4) is 0 Å². The summed E-state index contributed by atoms with van der Waals surface area (Å²) in [6.45, 7) is 7.29. The second-order valence-corrected chi connectivity index (χ2v) is 3.91. The SMILES string of the molecule is CCC(CCl)=NC(=O)OC(C)(C)C. The van der Waals surface area contributed by atoms with Crippen LogP contribution in [0.15, 0.2) is 4.99 Å². The first kappa shape index (κ1) is 12.4. The zero-order chi connectivity index (χ0) is 10.5. The Morgan fingerprint density at radius 1 is 1.46 bits per heavy atom. The summed E-state index contributed by atoms with van der Waals surface area (Å²) in [6.07, 6.45) is 0.105. The van der Waals surface area contributed by atoms with Gasteiger partial charge >= 0.3 is 6.09 Å². The number of carbonyl (C=O) groups excluding carboxylic acids is 1. The molecular formula is C9H16ClNO2. The van der Waals surface area contributed by atoms with Crippen LogP contribution in [0.2, 0.25) is 0 Å². The van der Waals surface area contributed by atoms with Gasteiger partial charge in [0.25, 0.3) is 0 Å². The fourth-order valence-corrected chi connectivity index (χ4v) is 0.866. The Labute approximate surface area is 84.1 Å². The normalized spacial score (nSPS) is 12.8. The van der Waals surface area contributed by atoms with Gasteiger partial charge in [0.05, 0.1) is 5.88 Å². The van der Waals surface area contributed by atoms with Crippen LogP contribution in [0.1, 0.15) is 34.1 Å². The van der Waals surface area contributed by atoms with E-state index in [-0.39, 0.29) is 5.88 Å². The summed E-state index contributed by atoms with van der Waals surface area (Å²) < 4.78 is 4.99. The van der Waals surface area contributed by atoms with Crippen molar-refractivity contribution in [1.29, 1.82) is 0 Å². The van der Waals surface area contributed by atoms with Crippen LogP contribution < -0.4 is 0 Å². The highest BCUT2D eigenvalue weighted by Gasteiger charge is 2.15. The van der Waals surface area contributed by atoms with Gasteiger partial charge in [-0.3, -0.25) is 0 Å². The number of amides is 1. The molecule has 0 bridgehead atoms. The average molecular weight is 206 g/mol. The largest absolute Gasteiger partial charge is 0.442 e. The van der Waals surface area contributed by atoms with Gasteiger partial charge in [-0.1, -0.05) is 6.92 Å². The molecule has 0 aliphatic carbocycles. The van der Waals surface area contributed by atoms with Crippen molar-refractivity contribution in [3.05, 3.63) is 0 Å². The van der Waals surface area contributed by atoms with E-state index in [1.54, 1.807) is 20.8 Å². The molecule has 0 spiro atoms. The van der Waals surface area contributed by atoms with Crippen LogP contribution in [0.4, 0.5) is 4.79 Å². The monoisotopic (exact) mass is 205 g/mol. The van der Waals surface area contributed by atoms with E-state index in [1.165, 1.54) is 0 Å². The predicted molar refractivity (Wildman–Crippen MR) is 54.7 cm³/mol. The van der Waals surface area contributed by atoms with Gasteiger partial charge in [-0.2, -0.15) is 4.99 Å². The lowest BCUT2D eigenvalue weighted by Gasteiger charge is -2.17. The molecular weight excluding hydrogens is 190 g/mol. The maximum Gasteiger partial charge on any atom is 0.434 e. The van der Waals surface area contributed by atoms with Gasteiger partial charge in [-0.15, -0.1) is 11.6 Å². The molecule has 3 nitrogen and oxygen atoms in total. The number of nitrogens with zero attached hydrogens (tertiary/aromatic N) is 1. The number of rotatable bonds is 2. The number of hydrogen-bond donors (Lipinski definition) is 0. The van der Waals surface area contributed by atoms with E-state index in [0.717, 1.165) is 0 Å². The lowest BCUT2D eigenvalue weighted by molar-refractivity contribution is 0.0604. The molecule has 0 aliphatic rings. The Balaban J connectivity index is 4.21. The van der Waals surface area contributed by atoms with Gasteiger partial charge in [-0.05, 0) is 27.2 Å². The molecule has 1 amide bonds. The first-order chi connectivity index (χ1) is 5.89. The third-order valence-electron chi connectivity index (χ3n) is 1.21. The van der Waals surface area contributed by atoms with Crippen molar-refractivity contribution in [2.45, 2.75) is 39.7 Å². The summed E-state index contributed by atoms with van der Waals surface area (Å²) in [4.78, 5) is 14.8. The van der Waals surface area contributed by atoms with E-state index in [2.05, 4.69) is 4.99 Å². The Bertz CT molecular complexity index is 200. The van der Waals surface area contributed by atoms with Crippen molar-refractivity contribution in [1.82, 2.24) is 0 Å². The molecule has 13 heavy (non-hydrogen) atoms. The first-order valence-corrected chi connectivity index (χ1v) is 4.78. The fraction of sp³-hybridized carbons (Fsp3) is 0.778. The second-order valence-electron chi connectivity index (χ2n) is 3.65. The van der Waals surface area contributed by atoms with Crippen molar-refractivity contribution >= 4 is 23.4 Å². The van der Waals surface area contributed by atoms with Crippen LogP contribution in [-0.4, -0.2) is 23.3 Å². The topological polar surface area (TPSA) is 38.7 Å². The zero-order valence-electron chi connectivity index (χ0n) is 8.56. The molecule has 0 unspecified atom stereocenters. The minimum Gasteiger partial charge on any atom is -0.442 e. The quantitative estimate of drug-likeness (QED) is 0.514. The van der Waals surface area contributed by atoms with Gasteiger partial charge in [0, 0.05) is 5.71 Å². The Hall–Kier alpha value is -0.570. The maximum absolute atomic E-state index is 11.1. The van der Waals surface area contributed by atoms with Gasteiger partial charge in [0.15, 0.2) is 0 Å². The van der Waals surface area contributed by atoms with Crippen molar-refractivity contribution in [3.8, 4) is 0 Å². The number of ether oxygens (including phenoxy) is 1. The molecule has 0 rings (SSSR count). The zero-order valence-corrected chi connectivity index (χ0v) is 9.31. The summed E-state index contributed by atoms with van der Waals surface area (Å²) in [5.41, 5.74) is 0.155. The van der Waals surface area contributed by atoms with Gasteiger partial charge in [0.1, 0.15) is 5.60 Å². The van der Waals surface area contributed by atoms with Crippen molar-refractivity contribution in [2.24, 2.45) is 4.99 Å². The minimum absolute atomic E-state index is 0.274. The van der Waals surface area contributed by atoms with Crippen LogP contribution in [0.25, 0.3) is 0 Å². The molecule has 0 aromatic heterocycles. The number of hydrogen-bond acceptors (Lipinski definition) is 2. The predicted octanol–water partition coefficient (Wildman–Crippen LogP) is 3.01. The molecule has 0 heterocycles. The molecule has 0 aromatic carbocycles. The van der Waals surface area contributed by atoms with E-state index >= 15 is 0 Å². The standard InChI is InChI=1S/C9H16ClNO2/c1-5-7(6-10)11-8(12)13-9(2,3)4/h5-6H2,1-4H3. The van der Waals surface area contributed by atoms with Crippen molar-refractivity contribution in [2.75, 3.05) is 5.88 Å². The molecule has 0 fully saturated rings. The van der Waals surface area contributed by atoms with E-state index in [9.17, 15) is 4.79 Å². The summed E-state index contributed by atoms with van der Waals surface area (Å²) in [5, 5.41) is 0. The maximum atomic E-state index is 11.1. The number of alkyl halides is 1. The number of halogens is 1. The summed E-state index contributed by atoms with van der Waals surface area (Å²) in [7, 11) is 0. The average Bonchev–Trinajstić information content (AvgIpc) is 1.96. The van der Waals surface area contributed by atoms with E-state index in [0.29, 0.717) is 12.1 Å². The van der Waals surface area contributed by atoms with Gasteiger partial charge in [-0.25, -0.2) is 4.79 Å². The molecule has 0 atom stereocenters. The lowest BCUT2D eigenvalue weighted by atomic mass is 10.2. The molecule has 0 saturated heterocycles. The Morgan fingerprint density at radius 3 is 2.31 bits per heavy atom. The van der Waals surface area contributed by atoms with Crippen LogP contribution >= 0.6 is 11.6 Å². The Kier molecular flexibility index (Phi) is 4.99. The highest BCUT2D eigenvalue weighted by Crippen LogP contribution is 2.08. The van der Waals surface area contributed by atoms with E-state index < -0.39 is 11.7 Å². The summed E-state index contributed by atoms with van der Waals surface area (Å²) >= 11 is 5.54. The van der Waals surface area contributed by atoms with Crippen LogP contribution in [0.5, 0.6) is 0 Å². The molecule has 4 heteroatoms. The van der Waals surface area contributed by atoms with E-state index in [4.69, 9.17) is 16.3 Å². The molecule has 0 aliphatic heterocycles. The molecule has 0 N–H and O–H groups in total. The van der Waals surface area contributed by atoms with Crippen molar-refractivity contribution in [3.63, 3.8) is 0 Å². The smallest absolute Gasteiger partial charge is 0.434 e. The molecule has 0 radical (unpaired) electrons.